The maximum absolute atomic E-state index is 13.5. The summed E-state index contributed by atoms with van der Waals surface area (Å²) in [4.78, 5) is 22.2. The summed E-state index contributed by atoms with van der Waals surface area (Å²) in [5.74, 6) is 1.63. The Labute approximate surface area is 214 Å². The van der Waals surface area contributed by atoms with E-state index in [0.717, 1.165) is 16.9 Å². The Balaban J connectivity index is 1.45. The molecule has 2 aromatic heterocycles. The van der Waals surface area contributed by atoms with E-state index in [-0.39, 0.29) is 12.5 Å². The molecule has 4 aromatic rings. The maximum Gasteiger partial charge on any atom is 0.255 e. The largest absolute Gasteiger partial charge is 0.489 e. The molecule has 1 amide bonds. The van der Waals surface area contributed by atoms with Crippen LogP contribution in [0.5, 0.6) is 5.75 Å². The summed E-state index contributed by atoms with van der Waals surface area (Å²) in [7, 11) is 0. The van der Waals surface area contributed by atoms with Crippen molar-refractivity contribution in [2.75, 3.05) is 17.2 Å². The highest BCUT2D eigenvalue weighted by molar-refractivity contribution is 6.05. The lowest BCUT2D eigenvalue weighted by atomic mass is 9.95. The minimum absolute atomic E-state index is 0.0568. The Morgan fingerprint density at radius 3 is 2.65 bits per heavy atom. The van der Waals surface area contributed by atoms with Crippen molar-refractivity contribution in [2.45, 2.75) is 32.4 Å². The number of ether oxygens (including phenoxy) is 1. The van der Waals surface area contributed by atoms with Gasteiger partial charge in [-0.15, -0.1) is 0 Å². The zero-order chi connectivity index (χ0) is 25.6. The Morgan fingerprint density at radius 1 is 1.11 bits per heavy atom. The molecule has 1 aliphatic rings. The van der Waals surface area contributed by atoms with Crippen LogP contribution < -0.4 is 15.4 Å². The standard InChI is InChI=1S/C28H28N6O3/c1-19-25(27(36)31-22-9-5-15-29-17-22)26(34-28(30-19)32-24(33-34)10-6-16-35)21-11-13-23(14-12-21)37-18-20-7-3-2-4-8-20/h2-5,7-9,11-15,17,26,35H,6,10,16,18H2,1H3,(H,31,36)(H,30,32,33). The number of rotatable bonds is 9. The molecule has 188 valence electrons. The number of benzene rings is 2. The molecule has 0 aliphatic carbocycles. The van der Waals surface area contributed by atoms with Crippen LogP contribution in [0.25, 0.3) is 0 Å². The van der Waals surface area contributed by atoms with Crippen LogP contribution in [0.1, 0.15) is 36.3 Å². The number of nitrogens with one attached hydrogen (secondary N) is 2. The molecule has 0 saturated heterocycles. The number of aromatic nitrogens is 4. The molecule has 1 unspecified atom stereocenters. The smallest absolute Gasteiger partial charge is 0.255 e. The second kappa shape index (κ2) is 11.0. The number of aliphatic hydroxyl groups excluding tert-OH is 1. The van der Waals surface area contributed by atoms with Crippen LogP contribution in [-0.2, 0) is 17.8 Å². The van der Waals surface area contributed by atoms with Gasteiger partial charge in [0.25, 0.3) is 5.91 Å². The molecular formula is C28H28N6O3. The second-order valence-corrected chi connectivity index (χ2v) is 8.73. The Bertz CT molecular complexity index is 1380. The molecule has 3 heterocycles. The number of nitrogens with zero attached hydrogens (tertiary/aromatic N) is 4. The van der Waals surface area contributed by atoms with E-state index in [9.17, 15) is 9.90 Å². The van der Waals surface area contributed by atoms with Gasteiger partial charge in [0.15, 0.2) is 5.82 Å². The number of carbonyl (C=O) groups is 1. The van der Waals surface area contributed by atoms with Gasteiger partial charge in [-0.2, -0.15) is 10.1 Å². The molecule has 37 heavy (non-hydrogen) atoms. The highest BCUT2D eigenvalue weighted by Crippen LogP contribution is 2.36. The zero-order valence-corrected chi connectivity index (χ0v) is 20.5. The summed E-state index contributed by atoms with van der Waals surface area (Å²) in [6, 6.07) is 20.7. The average molecular weight is 497 g/mol. The van der Waals surface area contributed by atoms with Gasteiger partial charge in [-0.25, -0.2) is 4.68 Å². The van der Waals surface area contributed by atoms with Crippen LogP contribution in [-0.4, -0.2) is 37.4 Å². The molecule has 2 aromatic carbocycles. The first-order chi connectivity index (χ1) is 18.1. The lowest BCUT2D eigenvalue weighted by molar-refractivity contribution is -0.113. The van der Waals surface area contributed by atoms with Crippen molar-refractivity contribution in [1.29, 1.82) is 0 Å². The van der Waals surface area contributed by atoms with E-state index in [1.165, 1.54) is 0 Å². The second-order valence-electron chi connectivity index (χ2n) is 8.73. The Morgan fingerprint density at radius 2 is 1.92 bits per heavy atom. The van der Waals surface area contributed by atoms with Gasteiger partial charge >= 0.3 is 0 Å². The lowest BCUT2D eigenvalue weighted by Crippen LogP contribution is -2.31. The fourth-order valence-corrected chi connectivity index (χ4v) is 4.26. The number of allylic oxidation sites excluding steroid dienone is 1. The number of hydrogen-bond donors (Lipinski definition) is 3. The van der Waals surface area contributed by atoms with E-state index in [1.807, 2.05) is 61.5 Å². The van der Waals surface area contributed by atoms with Crippen molar-refractivity contribution < 1.29 is 14.6 Å². The highest BCUT2D eigenvalue weighted by atomic mass is 16.5. The third kappa shape index (κ3) is 5.52. The SMILES string of the molecule is CC1=C(C(=O)Nc2cccnc2)C(c2ccc(OCc3ccccc3)cc2)n2nc(CCCO)nc2N1. The molecule has 9 nitrogen and oxygen atoms in total. The molecule has 0 fully saturated rings. The number of aliphatic hydroxyl groups is 1. The summed E-state index contributed by atoms with van der Waals surface area (Å²) in [5.41, 5.74) is 3.76. The van der Waals surface area contributed by atoms with E-state index < -0.39 is 6.04 Å². The quantitative estimate of drug-likeness (QED) is 0.320. The van der Waals surface area contributed by atoms with Crippen molar-refractivity contribution in [3.8, 4) is 5.75 Å². The minimum atomic E-state index is -0.508. The molecule has 3 N–H and O–H groups in total. The van der Waals surface area contributed by atoms with Crippen molar-refractivity contribution in [3.63, 3.8) is 0 Å². The zero-order valence-electron chi connectivity index (χ0n) is 20.5. The first-order valence-corrected chi connectivity index (χ1v) is 12.1. The Kier molecular flexibility index (Phi) is 7.23. The number of aryl methyl sites for hydroxylation is 1. The summed E-state index contributed by atoms with van der Waals surface area (Å²) >= 11 is 0. The third-order valence-electron chi connectivity index (χ3n) is 6.06. The number of fused-ring (bicyclic) bond motifs is 1. The van der Waals surface area contributed by atoms with Gasteiger partial charge in [0.1, 0.15) is 18.4 Å². The van der Waals surface area contributed by atoms with Gasteiger partial charge in [-0.1, -0.05) is 42.5 Å². The van der Waals surface area contributed by atoms with Crippen LogP contribution in [0.2, 0.25) is 0 Å². The van der Waals surface area contributed by atoms with E-state index in [2.05, 4.69) is 20.6 Å². The third-order valence-corrected chi connectivity index (χ3v) is 6.06. The molecule has 0 bridgehead atoms. The van der Waals surface area contributed by atoms with Gasteiger partial charge in [0.05, 0.1) is 17.5 Å². The summed E-state index contributed by atoms with van der Waals surface area (Å²) in [6.07, 6.45) is 4.35. The molecule has 9 heteroatoms. The molecule has 0 radical (unpaired) electrons. The van der Waals surface area contributed by atoms with Gasteiger partial charge in [0, 0.05) is 24.9 Å². The van der Waals surface area contributed by atoms with Gasteiger partial charge in [-0.05, 0) is 48.7 Å². The summed E-state index contributed by atoms with van der Waals surface area (Å²) in [6.45, 7) is 2.38. The topological polar surface area (TPSA) is 114 Å². The predicted molar refractivity (Wildman–Crippen MR) is 140 cm³/mol. The molecule has 5 rings (SSSR count). The van der Waals surface area contributed by atoms with Gasteiger partial charge < -0.3 is 20.5 Å². The summed E-state index contributed by atoms with van der Waals surface area (Å²) in [5, 5.41) is 20.1. The number of hydrogen-bond acceptors (Lipinski definition) is 7. The maximum atomic E-state index is 13.5. The molecular weight excluding hydrogens is 468 g/mol. The van der Waals surface area contributed by atoms with E-state index in [4.69, 9.17) is 9.84 Å². The molecule has 1 aliphatic heterocycles. The summed E-state index contributed by atoms with van der Waals surface area (Å²) < 4.78 is 7.69. The monoisotopic (exact) mass is 496 g/mol. The highest BCUT2D eigenvalue weighted by Gasteiger charge is 2.34. The first kappa shape index (κ1) is 24.2. The van der Waals surface area contributed by atoms with Gasteiger partial charge in [0.2, 0.25) is 5.95 Å². The molecule has 0 spiro atoms. The normalized spacial score (nSPS) is 14.6. The van der Waals surface area contributed by atoms with Crippen LogP contribution in [0.4, 0.5) is 11.6 Å². The number of pyridine rings is 1. The van der Waals surface area contributed by atoms with Crippen molar-refractivity contribution in [3.05, 3.63) is 107 Å². The van der Waals surface area contributed by atoms with Crippen LogP contribution in [0, 0.1) is 0 Å². The molecule has 0 saturated carbocycles. The fourth-order valence-electron chi connectivity index (χ4n) is 4.26. The lowest BCUT2D eigenvalue weighted by Gasteiger charge is -2.28. The fraction of sp³-hybridized carbons (Fsp3) is 0.214. The first-order valence-electron chi connectivity index (χ1n) is 12.1. The van der Waals surface area contributed by atoms with E-state index in [1.54, 1.807) is 29.2 Å². The number of anilines is 2. The van der Waals surface area contributed by atoms with Crippen molar-refractivity contribution in [1.82, 2.24) is 19.7 Å². The number of amides is 1. The van der Waals surface area contributed by atoms with Crippen molar-refractivity contribution in [2.24, 2.45) is 0 Å². The minimum Gasteiger partial charge on any atom is -0.489 e. The molecule has 1 atom stereocenters. The Hall–Kier alpha value is -4.50. The van der Waals surface area contributed by atoms with Crippen LogP contribution in [0.3, 0.4) is 0 Å². The van der Waals surface area contributed by atoms with Crippen LogP contribution >= 0.6 is 0 Å². The average Bonchev–Trinajstić information content (AvgIpc) is 3.33. The predicted octanol–water partition coefficient (Wildman–Crippen LogP) is 4.10. The van der Waals surface area contributed by atoms with E-state index >= 15 is 0 Å². The van der Waals surface area contributed by atoms with Crippen LogP contribution in [0.15, 0.2) is 90.4 Å². The van der Waals surface area contributed by atoms with Gasteiger partial charge in [-0.3, -0.25) is 9.78 Å². The van der Waals surface area contributed by atoms with E-state index in [0.29, 0.717) is 48.2 Å². The number of carbonyl (C=O) groups excluding carboxylic acids is 1. The van der Waals surface area contributed by atoms with Crippen molar-refractivity contribution >= 4 is 17.5 Å².